The normalized spacial score (nSPS) is 10.0. The Morgan fingerprint density at radius 1 is 1.62 bits per heavy atom. The van der Waals surface area contributed by atoms with Crippen LogP contribution in [0.2, 0.25) is 0 Å². The van der Waals surface area contributed by atoms with Gasteiger partial charge in [-0.05, 0) is 11.8 Å². The Kier molecular flexibility index (Phi) is 5.37. The van der Waals surface area contributed by atoms with Crippen molar-refractivity contribution in [3.8, 4) is 6.07 Å². The van der Waals surface area contributed by atoms with E-state index in [1.807, 2.05) is 14.1 Å². The first kappa shape index (κ1) is 11.5. The zero-order chi connectivity index (χ0) is 10.3. The molecule has 0 heterocycles. The largest absolute Gasteiger partial charge is 0.457 e. The van der Waals surface area contributed by atoms with E-state index in [0.29, 0.717) is 6.61 Å². The van der Waals surface area contributed by atoms with Gasteiger partial charge in [-0.2, -0.15) is 0 Å². The average molecular weight is 183 g/mol. The van der Waals surface area contributed by atoms with Gasteiger partial charge in [-0.1, -0.05) is 0 Å². The van der Waals surface area contributed by atoms with Gasteiger partial charge in [-0.15, -0.1) is 0 Å². The topological polar surface area (TPSA) is 33.9 Å². The molecule has 0 N–H and O–H groups in total. The summed E-state index contributed by atoms with van der Waals surface area (Å²) in [6.45, 7) is 3.73. The van der Waals surface area contributed by atoms with Crippen LogP contribution in [0.3, 0.4) is 0 Å². The Labute approximate surface area is 78.6 Å². The van der Waals surface area contributed by atoms with E-state index in [4.69, 9.17) is 4.74 Å². The van der Waals surface area contributed by atoms with Gasteiger partial charge in [0.25, 0.3) is 6.07 Å². The molecule has 0 bridgehead atoms. The summed E-state index contributed by atoms with van der Waals surface area (Å²) >= 11 is 0. The fraction of sp³-hybridized carbons (Fsp3) is 0.556. The van der Waals surface area contributed by atoms with E-state index >= 15 is 0 Å². The molecule has 0 aliphatic heterocycles. The minimum atomic E-state index is -0.425. The average Bonchev–Trinajstić information content (AvgIpc) is 2.03. The molecule has 0 saturated carbocycles. The lowest BCUT2D eigenvalue weighted by Gasteiger charge is -2.00. The lowest BCUT2D eigenvalue weighted by atomic mass is 10.5. The van der Waals surface area contributed by atoms with Crippen molar-refractivity contribution < 1.29 is 9.53 Å². The second-order valence-electron chi connectivity index (χ2n) is 2.53. The highest BCUT2D eigenvalue weighted by Crippen LogP contribution is 2.01. The highest BCUT2D eigenvalue weighted by Gasteiger charge is 2.20. The number of esters is 1. The Bertz CT molecular complexity index is 259. The molecule has 0 saturated heterocycles. The molecule has 0 radical (unpaired) electrons. The molecule has 0 amide bonds. The predicted octanol–water partition coefficient (Wildman–Crippen LogP) is 1.31. The van der Waals surface area contributed by atoms with E-state index in [1.54, 1.807) is 24.9 Å². The van der Waals surface area contributed by atoms with Crippen molar-refractivity contribution >= 4 is 5.97 Å². The molecular formula is C9H15N2O2+. The van der Waals surface area contributed by atoms with E-state index in [1.165, 1.54) is 0 Å². The fourth-order valence-electron chi connectivity index (χ4n) is 0.697. The standard InChI is InChI=1S/C9H15N2O2/c1-5-10-8(7-11(3)4)9(12)13-6-2/h7H,6H2,1-4H3/q+1. The molecule has 0 spiro atoms. The summed E-state index contributed by atoms with van der Waals surface area (Å²) in [6, 6.07) is 2.54. The van der Waals surface area contributed by atoms with Gasteiger partial charge in [0.05, 0.1) is 19.7 Å². The zero-order valence-electron chi connectivity index (χ0n) is 8.50. The van der Waals surface area contributed by atoms with Crippen LogP contribution in [0.4, 0.5) is 0 Å². The molecule has 0 aromatic heterocycles. The van der Waals surface area contributed by atoms with E-state index in [-0.39, 0.29) is 5.70 Å². The van der Waals surface area contributed by atoms with Gasteiger partial charge in [0.15, 0.2) is 0 Å². The Balaban J connectivity index is 4.57. The fourth-order valence-corrected chi connectivity index (χ4v) is 0.697. The molecule has 0 aromatic carbocycles. The smallest absolute Gasteiger partial charge is 0.439 e. The summed E-state index contributed by atoms with van der Waals surface area (Å²) in [4.78, 5) is 16.7. The van der Waals surface area contributed by atoms with Crippen molar-refractivity contribution in [2.75, 3.05) is 20.7 Å². The van der Waals surface area contributed by atoms with E-state index in [0.717, 1.165) is 0 Å². The van der Waals surface area contributed by atoms with Crippen LogP contribution in [0.1, 0.15) is 13.8 Å². The SMILES string of the molecule is CC#[N+]C(=CN(C)C)C(=O)OCC. The van der Waals surface area contributed by atoms with Gasteiger partial charge in [0, 0.05) is 14.1 Å². The number of carbonyl (C=O) groups is 1. The third-order valence-corrected chi connectivity index (χ3v) is 1.10. The van der Waals surface area contributed by atoms with Gasteiger partial charge in [0.1, 0.15) is 0 Å². The van der Waals surface area contributed by atoms with E-state index in [2.05, 4.69) is 10.9 Å². The molecule has 0 aromatic rings. The summed E-state index contributed by atoms with van der Waals surface area (Å²) < 4.78 is 4.79. The monoisotopic (exact) mass is 183 g/mol. The first-order valence-corrected chi connectivity index (χ1v) is 4.04. The summed E-state index contributed by atoms with van der Waals surface area (Å²) in [5.74, 6) is -0.425. The second-order valence-corrected chi connectivity index (χ2v) is 2.53. The maximum absolute atomic E-state index is 11.2. The zero-order valence-corrected chi connectivity index (χ0v) is 8.50. The van der Waals surface area contributed by atoms with Crippen LogP contribution < -0.4 is 0 Å². The van der Waals surface area contributed by atoms with Crippen LogP contribution in [0.15, 0.2) is 11.9 Å². The van der Waals surface area contributed by atoms with Crippen molar-refractivity contribution in [2.24, 2.45) is 0 Å². The highest BCUT2D eigenvalue weighted by atomic mass is 16.5. The minimum Gasteiger partial charge on any atom is -0.457 e. The molecule has 4 heteroatoms. The van der Waals surface area contributed by atoms with E-state index < -0.39 is 5.97 Å². The van der Waals surface area contributed by atoms with Crippen LogP contribution in [0, 0.1) is 6.07 Å². The van der Waals surface area contributed by atoms with Crippen LogP contribution in [0.5, 0.6) is 0 Å². The molecule has 0 atom stereocenters. The molecular weight excluding hydrogens is 168 g/mol. The van der Waals surface area contributed by atoms with Crippen molar-refractivity contribution in [3.05, 3.63) is 16.7 Å². The number of nitrogens with zero attached hydrogens (tertiary/aromatic N) is 2. The van der Waals surface area contributed by atoms with Gasteiger partial charge in [0.2, 0.25) is 0 Å². The minimum absolute atomic E-state index is 0.259. The Morgan fingerprint density at radius 3 is 2.62 bits per heavy atom. The molecule has 72 valence electrons. The van der Waals surface area contributed by atoms with Crippen molar-refractivity contribution in [1.29, 1.82) is 0 Å². The van der Waals surface area contributed by atoms with Gasteiger partial charge in [-0.3, -0.25) is 0 Å². The predicted molar refractivity (Wildman–Crippen MR) is 51.3 cm³/mol. The number of rotatable bonds is 3. The summed E-state index contributed by atoms with van der Waals surface area (Å²) in [5, 5.41) is 0. The maximum Gasteiger partial charge on any atom is 0.439 e. The lowest BCUT2D eigenvalue weighted by molar-refractivity contribution is -0.138. The highest BCUT2D eigenvalue weighted by molar-refractivity contribution is 5.90. The molecule has 0 fully saturated rings. The lowest BCUT2D eigenvalue weighted by Crippen LogP contribution is -2.10. The van der Waals surface area contributed by atoms with Crippen LogP contribution >= 0.6 is 0 Å². The van der Waals surface area contributed by atoms with Crippen LogP contribution in [-0.2, 0) is 9.53 Å². The van der Waals surface area contributed by atoms with E-state index in [9.17, 15) is 4.79 Å². The van der Waals surface area contributed by atoms with Crippen LogP contribution in [0.25, 0.3) is 4.85 Å². The third-order valence-electron chi connectivity index (χ3n) is 1.10. The van der Waals surface area contributed by atoms with Crippen molar-refractivity contribution in [2.45, 2.75) is 13.8 Å². The van der Waals surface area contributed by atoms with Gasteiger partial charge < -0.3 is 9.64 Å². The number of hydrogen-bond acceptors (Lipinski definition) is 3. The molecule has 0 aliphatic rings. The first-order chi connectivity index (χ1) is 6.11. The second kappa shape index (κ2) is 6.06. The van der Waals surface area contributed by atoms with Gasteiger partial charge in [-0.25, -0.2) is 4.79 Å². The summed E-state index contributed by atoms with van der Waals surface area (Å²) in [7, 11) is 3.62. The summed E-state index contributed by atoms with van der Waals surface area (Å²) in [5.41, 5.74) is 0.259. The number of ether oxygens (including phenoxy) is 1. The molecule has 4 nitrogen and oxygen atoms in total. The third kappa shape index (κ3) is 4.86. The molecule has 0 aliphatic carbocycles. The number of hydrogen-bond donors (Lipinski definition) is 0. The van der Waals surface area contributed by atoms with Crippen molar-refractivity contribution in [1.82, 2.24) is 4.90 Å². The maximum atomic E-state index is 11.2. The van der Waals surface area contributed by atoms with Gasteiger partial charge >= 0.3 is 11.7 Å². The first-order valence-electron chi connectivity index (χ1n) is 4.04. The summed E-state index contributed by atoms with van der Waals surface area (Å²) in [6.07, 6.45) is 1.59. The molecule has 13 heavy (non-hydrogen) atoms. The number of carbonyl (C=O) groups excluding carboxylic acids is 1. The van der Waals surface area contributed by atoms with Crippen molar-refractivity contribution in [3.63, 3.8) is 0 Å². The Morgan fingerprint density at radius 2 is 2.23 bits per heavy atom. The Hall–Kier alpha value is -1.50. The van der Waals surface area contributed by atoms with Crippen LogP contribution in [-0.4, -0.2) is 31.6 Å². The molecule has 0 unspecified atom stereocenters. The molecule has 0 rings (SSSR count). The quantitative estimate of drug-likeness (QED) is 0.488.